The van der Waals surface area contributed by atoms with Crippen molar-refractivity contribution in [2.24, 2.45) is 0 Å². The first-order valence-electron chi connectivity index (χ1n) is 49.8. The van der Waals surface area contributed by atoms with Gasteiger partial charge in [-0.1, -0.05) is 416 Å². The molecule has 0 fully saturated rings. The van der Waals surface area contributed by atoms with Gasteiger partial charge < -0.3 is 34.2 Å². The number of hydrogen-bond acceptors (Lipinski definition) is 14. The quantitative estimate of drug-likeness (QED) is 0.0146. The van der Waals surface area contributed by atoms with Crippen LogP contribution in [0.5, 0.6) is 0 Å². The lowest BCUT2D eigenvalue weighted by Gasteiger charge is -2.21. The number of carbonyl (C=O) groups excluding carboxylic acids is 3. The molecule has 0 aromatic heterocycles. The summed E-state index contributed by atoms with van der Waals surface area (Å²) in [6, 6.07) is 0. The molecule has 708 valence electrons. The van der Waals surface area contributed by atoms with Crippen molar-refractivity contribution in [3.8, 4) is 0 Å². The number of phosphoric ester groups is 2. The Bertz CT molecular complexity index is 2870. The average Bonchev–Trinajstić information content (AvgIpc) is 0.870. The largest absolute Gasteiger partial charge is 0.472 e. The molecule has 0 radical (unpaired) electrons. The molecule has 16 nitrogen and oxygen atoms in total. The van der Waals surface area contributed by atoms with Crippen molar-refractivity contribution in [3.05, 3.63) is 158 Å². The van der Waals surface area contributed by atoms with E-state index in [1.54, 1.807) is 0 Å². The first-order chi connectivity index (χ1) is 60.2. The maximum absolute atomic E-state index is 13.1. The van der Waals surface area contributed by atoms with Crippen LogP contribution in [0.15, 0.2) is 158 Å². The van der Waals surface area contributed by atoms with Gasteiger partial charge in [-0.2, -0.15) is 0 Å². The molecule has 0 aliphatic heterocycles. The van der Waals surface area contributed by atoms with Gasteiger partial charge in [0, 0.05) is 19.3 Å². The van der Waals surface area contributed by atoms with Crippen LogP contribution in [0.2, 0.25) is 0 Å². The summed E-state index contributed by atoms with van der Waals surface area (Å²) < 4.78 is 61.6. The van der Waals surface area contributed by atoms with E-state index in [1.807, 2.05) is 0 Å². The van der Waals surface area contributed by atoms with E-state index in [0.717, 1.165) is 141 Å². The van der Waals surface area contributed by atoms with Gasteiger partial charge in [0.05, 0.1) is 26.4 Å². The second-order valence-electron chi connectivity index (χ2n) is 33.2. The first kappa shape index (κ1) is 118. The van der Waals surface area contributed by atoms with E-state index in [4.69, 9.17) is 32.3 Å². The maximum atomic E-state index is 13.1. The van der Waals surface area contributed by atoms with E-state index in [-0.39, 0.29) is 19.3 Å². The van der Waals surface area contributed by atoms with Crippen molar-refractivity contribution < 1.29 is 75.8 Å². The Balaban J connectivity index is 4.61. The van der Waals surface area contributed by atoms with Crippen LogP contribution in [-0.2, 0) is 55.8 Å². The van der Waals surface area contributed by atoms with Crippen LogP contribution in [-0.4, -0.2) is 95.9 Å². The third-order valence-electron chi connectivity index (χ3n) is 21.2. The Kier molecular flexibility index (Phi) is 92.5. The summed E-state index contributed by atoms with van der Waals surface area (Å²) >= 11 is 0. The standard InChI is InChI=1S/C105H182O16P2/c1-4-7-10-13-16-19-22-25-28-31-34-37-40-43-45-47-49-51-53-56-58-61-64-67-70-73-76-79-82-85-88-91-103(108)115-94-100(106)95-117-122(111,112)118-96-101(107)97-119-123(113,114)120-99-102(121-105(110)93-90-87-84-81-78-75-72-69-66-63-60-55-42-39-36-33-30-27-24-21-18-15-12-9-6-3)98-116-104(109)92-89-86-83-80-77-74-71-68-65-62-59-57-54-52-50-48-46-44-41-38-35-32-29-26-23-20-17-14-11-8-5-2/h9,12,16-21,25-30,34-39,43-46,55,60,100-102,106-107H,4-8,10-11,13-15,22-24,31-33,40-42,47-54,56-59,61-99H2,1-3H3,(H,111,112)(H,113,114)/b12-9-,19-16-,20-17-,21-18-,28-25-,29-26-,30-27-,37-34-,38-35-,39-36-,45-43-,46-44-,60-55-. The molecule has 0 rings (SSSR count). The number of aliphatic hydroxyl groups is 2. The second-order valence-corrected chi connectivity index (χ2v) is 36.1. The molecule has 0 aliphatic carbocycles. The fourth-order valence-electron chi connectivity index (χ4n) is 13.7. The van der Waals surface area contributed by atoms with Crippen molar-refractivity contribution in [1.29, 1.82) is 0 Å². The summed E-state index contributed by atoms with van der Waals surface area (Å²) in [6.45, 7) is 2.58. The van der Waals surface area contributed by atoms with Gasteiger partial charge in [-0.25, -0.2) is 9.13 Å². The molecule has 0 aromatic rings. The molecule has 0 saturated heterocycles. The highest BCUT2D eigenvalue weighted by molar-refractivity contribution is 7.47. The third-order valence-corrected chi connectivity index (χ3v) is 23.1. The number of allylic oxidation sites excluding steroid dienone is 26. The molecule has 123 heavy (non-hydrogen) atoms. The van der Waals surface area contributed by atoms with Gasteiger partial charge in [-0.15, -0.1) is 0 Å². The minimum Gasteiger partial charge on any atom is -0.463 e. The van der Waals surface area contributed by atoms with E-state index in [1.165, 1.54) is 231 Å². The highest BCUT2D eigenvalue weighted by atomic mass is 31.2. The summed E-state index contributed by atoms with van der Waals surface area (Å²) in [5.74, 6) is -1.57. The molecule has 4 N–H and O–H groups in total. The van der Waals surface area contributed by atoms with Crippen LogP contribution in [0.3, 0.4) is 0 Å². The second kappa shape index (κ2) is 96.3. The number of carbonyl (C=O) groups is 3. The highest BCUT2D eigenvalue weighted by Crippen LogP contribution is 2.45. The Hall–Kier alpha value is -4.83. The lowest BCUT2D eigenvalue weighted by molar-refractivity contribution is -0.161. The Morgan fingerprint density at radius 1 is 0.236 bits per heavy atom. The van der Waals surface area contributed by atoms with Gasteiger partial charge in [0.1, 0.15) is 25.4 Å². The van der Waals surface area contributed by atoms with Crippen LogP contribution in [0.1, 0.15) is 432 Å². The van der Waals surface area contributed by atoms with Crippen LogP contribution < -0.4 is 0 Å². The van der Waals surface area contributed by atoms with Crippen molar-refractivity contribution in [3.63, 3.8) is 0 Å². The summed E-state index contributed by atoms with van der Waals surface area (Å²) in [6.07, 6.45) is 124. The van der Waals surface area contributed by atoms with E-state index in [2.05, 4.69) is 179 Å². The Morgan fingerprint density at radius 3 is 0.683 bits per heavy atom. The molecular weight excluding hydrogens is 1580 g/mol. The van der Waals surface area contributed by atoms with Crippen LogP contribution >= 0.6 is 15.6 Å². The zero-order valence-electron chi connectivity index (χ0n) is 78.3. The van der Waals surface area contributed by atoms with Crippen LogP contribution in [0.25, 0.3) is 0 Å². The lowest BCUT2D eigenvalue weighted by atomic mass is 10.0. The van der Waals surface area contributed by atoms with E-state index >= 15 is 0 Å². The number of aliphatic hydroxyl groups excluding tert-OH is 2. The maximum Gasteiger partial charge on any atom is 0.472 e. The number of unbranched alkanes of at least 4 members (excludes halogenated alkanes) is 45. The van der Waals surface area contributed by atoms with Crippen molar-refractivity contribution in [2.75, 3.05) is 39.6 Å². The predicted octanol–water partition coefficient (Wildman–Crippen LogP) is 31.2. The molecule has 0 amide bonds. The molecule has 0 aliphatic rings. The van der Waals surface area contributed by atoms with Gasteiger partial charge in [-0.05, 0) is 154 Å². The number of esters is 3. The van der Waals surface area contributed by atoms with Crippen molar-refractivity contribution in [1.82, 2.24) is 0 Å². The molecule has 0 aromatic carbocycles. The molecule has 5 atom stereocenters. The van der Waals surface area contributed by atoms with Gasteiger partial charge in [0.2, 0.25) is 0 Å². The first-order valence-corrected chi connectivity index (χ1v) is 52.8. The van der Waals surface area contributed by atoms with Gasteiger partial charge >= 0.3 is 33.6 Å². The molecule has 5 unspecified atom stereocenters. The Morgan fingerprint density at radius 2 is 0.431 bits per heavy atom. The Labute approximate surface area is 752 Å². The van der Waals surface area contributed by atoms with Crippen molar-refractivity contribution in [2.45, 2.75) is 450 Å². The fraction of sp³-hybridized carbons (Fsp3) is 0.724. The zero-order valence-corrected chi connectivity index (χ0v) is 80.1. The summed E-state index contributed by atoms with van der Waals surface area (Å²) in [5.41, 5.74) is 0. The third kappa shape index (κ3) is 97.6. The van der Waals surface area contributed by atoms with Crippen LogP contribution in [0.4, 0.5) is 0 Å². The highest BCUT2D eigenvalue weighted by Gasteiger charge is 2.30. The van der Waals surface area contributed by atoms with E-state index < -0.39 is 91.5 Å². The fourth-order valence-corrected chi connectivity index (χ4v) is 15.3. The van der Waals surface area contributed by atoms with Gasteiger partial charge in [-0.3, -0.25) is 32.5 Å². The molecule has 0 saturated carbocycles. The summed E-state index contributed by atoms with van der Waals surface area (Å²) in [4.78, 5) is 59.2. The molecule has 0 spiro atoms. The van der Waals surface area contributed by atoms with Crippen LogP contribution in [0, 0.1) is 0 Å². The summed E-state index contributed by atoms with van der Waals surface area (Å²) in [5, 5.41) is 20.8. The minimum absolute atomic E-state index is 0.0943. The monoisotopic (exact) mass is 1760 g/mol. The predicted molar refractivity (Wildman–Crippen MR) is 519 cm³/mol. The molecule has 0 bridgehead atoms. The molecule has 18 heteroatoms. The lowest BCUT2D eigenvalue weighted by Crippen LogP contribution is -2.30. The molecular formula is C105H182O16P2. The SMILES string of the molecule is CC/C=C\C/C=C\C/C=C\C/C=C\C/C=C\CCCCCCCCCCCC(=O)OC(COC(=O)CCCCCCCCCCCCCCCCC/C=C\C/C=C\C/C=C\C/C=C\CCCCC)COP(=O)(O)OCC(O)COP(=O)(O)OCC(O)COC(=O)CCCCCCCCCCCCCCCCC/C=C\C/C=C\C/C=C\C/C=C\CCCCC. The van der Waals surface area contributed by atoms with Gasteiger partial charge in [0.15, 0.2) is 6.10 Å². The normalized spacial score (nSPS) is 14.4. The number of phosphoric acid groups is 2. The zero-order chi connectivity index (χ0) is 89.3. The number of ether oxygens (including phenoxy) is 3. The topological polar surface area (TPSA) is 231 Å². The minimum atomic E-state index is -4.95. The van der Waals surface area contributed by atoms with E-state index in [0.29, 0.717) is 19.3 Å². The van der Waals surface area contributed by atoms with Crippen molar-refractivity contribution >= 4 is 33.6 Å². The van der Waals surface area contributed by atoms with Gasteiger partial charge in [0.25, 0.3) is 0 Å². The number of hydrogen-bond donors (Lipinski definition) is 4. The number of rotatable bonds is 94. The smallest absolute Gasteiger partial charge is 0.463 e. The summed E-state index contributed by atoms with van der Waals surface area (Å²) in [7, 11) is -9.82. The average molecular weight is 1760 g/mol. The van der Waals surface area contributed by atoms with E-state index in [9.17, 15) is 43.5 Å². The molecule has 0 heterocycles.